The van der Waals surface area contributed by atoms with Gasteiger partial charge in [-0.25, -0.2) is 4.98 Å². The van der Waals surface area contributed by atoms with E-state index in [0.717, 1.165) is 21.5 Å². The largest absolute Gasteiger partial charge is 0.383 e. The number of nitrogens with zero attached hydrogens (tertiary/aromatic N) is 5. The first-order valence-corrected chi connectivity index (χ1v) is 7.44. The van der Waals surface area contributed by atoms with Crippen LogP contribution in [0.4, 0.5) is 8.78 Å². The van der Waals surface area contributed by atoms with Gasteiger partial charge in [0.05, 0.1) is 18.8 Å². The van der Waals surface area contributed by atoms with Crippen molar-refractivity contribution in [2.24, 2.45) is 7.05 Å². The van der Waals surface area contributed by atoms with Crippen LogP contribution in [-0.4, -0.2) is 44.5 Å². The first kappa shape index (κ1) is 17.6. The molecule has 2 rings (SSSR count). The standard InChI is InChI=1S/C15H23F2N5O/c1-11-13(12(2)20(3)19-11)9-21(7-8-23-4)10-14-18-5-6-22(14)15(16)17/h5-6,15H,7-10H2,1-4H3. The molecule has 2 aromatic rings. The van der Waals surface area contributed by atoms with Gasteiger partial charge in [-0.2, -0.15) is 13.9 Å². The number of alkyl halides is 2. The number of halogens is 2. The molecule has 0 unspecified atom stereocenters. The summed E-state index contributed by atoms with van der Waals surface area (Å²) >= 11 is 0. The predicted octanol–water partition coefficient (Wildman–Crippen LogP) is 2.28. The average molecular weight is 327 g/mol. The summed E-state index contributed by atoms with van der Waals surface area (Å²) in [5, 5.41) is 4.40. The summed E-state index contributed by atoms with van der Waals surface area (Å²) in [6, 6.07) is 0. The molecule has 6 nitrogen and oxygen atoms in total. The molecule has 0 aromatic carbocycles. The molecule has 0 atom stereocenters. The summed E-state index contributed by atoms with van der Waals surface area (Å²) in [5.74, 6) is 0.343. The lowest BCUT2D eigenvalue weighted by Gasteiger charge is -2.22. The minimum atomic E-state index is -2.58. The van der Waals surface area contributed by atoms with Crippen molar-refractivity contribution < 1.29 is 13.5 Å². The van der Waals surface area contributed by atoms with Gasteiger partial charge in [0.15, 0.2) is 0 Å². The molecular formula is C15H23F2N5O. The summed E-state index contributed by atoms with van der Waals surface area (Å²) in [6.07, 6.45) is 2.70. The highest BCUT2D eigenvalue weighted by Gasteiger charge is 2.18. The SMILES string of the molecule is COCCN(Cc1c(C)nn(C)c1C)Cc1nccn1C(F)F. The smallest absolute Gasteiger partial charge is 0.319 e. The minimum Gasteiger partial charge on any atom is -0.383 e. The van der Waals surface area contributed by atoms with E-state index in [1.807, 2.05) is 30.5 Å². The Morgan fingerprint density at radius 3 is 2.61 bits per heavy atom. The van der Waals surface area contributed by atoms with Gasteiger partial charge in [-0.3, -0.25) is 14.1 Å². The topological polar surface area (TPSA) is 48.1 Å². The van der Waals surface area contributed by atoms with Crippen LogP contribution in [0, 0.1) is 13.8 Å². The van der Waals surface area contributed by atoms with Crippen molar-refractivity contribution in [3.05, 3.63) is 35.2 Å². The van der Waals surface area contributed by atoms with Crippen LogP contribution in [0.5, 0.6) is 0 Å². The molecule has 0 bridgehead atoms. The van der Waals surface area contributed by atoms with Crippen molar-refractivity contribution in [3.8, 4) is 0 Å². The fraction of sp³-hybridized carbons (Fsp3) is 0.600. The molecule has 23 heavy (non-hydrogen) atoms. The van der Waals surface area contributed by atoms with E-state index in [2.05, 4.69) is 10.1 Å². The van der Waals surface area contributed by atoms with Crippen LogP contribution >= 0.6 is 0 Å². The fourth-order valence-electron chi connectivity index (χ4n) is 2.55. The molecule has 2 aromatic heterocycles. The predicted molar refractivity (Wildman–Crippen MR) is 82.2 cm³/mol. The van der Waals surface area contributed by atoms with Crippen LogP contribution in [0.1, 0.15) is 29.3 Å². The number of methoxy groups -OCH3 is 1. The second-order valence-corrected chi connectivity index (χ2v) is 5.50. The highest BCUT2D eigenvalue weighted by molar-refractivity contribution is 5.24. The van der Waals surface area contributed by atoms with Gasteiger partial charge >= 0.3 is 6.55 Å². The van der Waals surface area contributed by atoms with Crippen molar-refractivity contribution in [1.29, 1.82) is 0 Å². The first-order chi connectivity index (χ1) is 10.9. The number of hydrogen-bond donors (Lipinski definition) is 0. The van der Waals surface area contributed by atoms with Gasteiger partial charge in [-0.15, -0.1) is 0 Å². The minimum absolute atomic E-state index is 0.328. The molecule has 0 aliphatic carbocycles. The van der Waals surface area contributed by atoms with Crippen LogP contribution in [-0.2, 0) is 24.9 Å². The lowest BCUT2D eigenvalue weighted by molar-refractivity contribution is 0.0622. The van der Waals surface area contributed by atoms with Gasteiger partial charge in [0.25, 0.3) is 0 Å². The molecule has 0 amide bonds. The van der Waals surface area contributed by atoms with E-state index in [9.17, 15) is 8.78 Å². The van der Waals surface area contributed by atoms with Crippen LogP contribution in [0.25, 0.3) is 0 Å². The number of imidazole rings is 1. The van der Waals surface area contributed by atoms with Gasteiger partial charge in [0, 0.05) is 50.9 Å². The Hall–Kier alpha value is -1.80. The zero-order valence-electron chi connectivity index (χ0n) is 14.0. The van der Waals surface area contributed by atoms with Crippen LogP contribution in [0.2, 0.25) is 0 Å². The van der Waals surface area contributed by atoms with E-state index >= 15 is 0 Å². The molecule has 8 heteroatoms. The summed E-state index contributed by atoms with van der Waals surface area (Å²) < 4.78 is 33.8. The Balaban J connectivity index is 2.18. The molecule has 0 saturated carbocycles. The molecular weight excluding hydrogens is 304 g/mol. The van der Waals surface area contributed by atoms with Gasteiger partial charge in [-0.1, -0.05) is 0 Å². The molecule has 128 valence electrons. The van der Waals surface area contributed by atoms with Crippen molar-refractivity contribution in [3.63, 3.8) is 0 Å². The Kier molecular flexibility index (Phi) is 5.84. The zero-order valence-corrected chi connectivity index (χ0v) is 14.0. The number of hydrogen-bond acceptors (Lipinski definition) is 4. The molecule has 0 spiro atoms. The molecule has 0 fully saturated rings. The van der Waals surface area contributed by atoms with Crippen LogP contribution < -0.4 is 0 Å². The zero-order chi connectivity index (χ0) is 17.0. The summed E-state index contributed by atoms with van der Waals surface area (Å²) in [7, 11) is 3.52. The van der Waals surface area contributed by atoms with E-state index in [4.69, 9.17) is 4.74 Å². The number of ether oxygens (including phenoxy) is 1. The maximum atomic E-state index is 13.0. The van der Waals surface area contributed by atoms with Crippen LogP contribution in [0.15, 0.2) is 12.4 Å². The second kappa shape index (κ2) is 7.65. The van der Waals surface area contributed by atoms with E-state index in [0.29, 0.717) is 32.1 Å². The quantitative estimate of drug-likeness (QED) is 0.746. The summed E-state index contributed by atoms with van der Waals surface area (Å²) in [4.78, 5) is 6.10. The van der Waals surface area contributed by atoms with Gasteiger partial charge in [0.1, 0.15) is 5.82 Å². The monoisotopic (exact) mass is 327 g/mol. The van der Waals surface area contributed by atoms with Crippen molar-refractivity contribution in [1.82, 2.24) is 24.2 Å². The molecule has 0 saturated heterocycles. The van der Waals surface area contributed by atoms with Gasteiger partial charge in [0.2, 0.25) is 0 Å². The van der Waals surface area contributed by atoms with Crippen LogP contribution in [0.3, 0.4) is 0 Å². The van der Waals surface area contributed by atoms with E-state index in [1.54, 1.807) is 7.11 Å². The lowest BCUT2D eigenvalue weighted by atomic mass is 10.2. The van der Waals surface area contributed by atoms with Crippen molar-refractivity contribution in [2.45, 2.75) is 33.5 Å². The molecule has 0 aliphatic heterocycles. The number of rotatable bonds is 8. The Morgan fingerprint density at radius 2 is 2.04 bits per heavy atom. The third-order valence-electron chi connectivity index (χ3n) is 3.98. The van der Waals surface area contributed by atoms with Crippen molar-refractivity contribution in [2.75, 3.05) is 20.3 Å². The van der Waals surface area contributed by atoms with Gasteiger partial charge < -0.3 is 4.74 Å². The maximum absolute atomic E-state index is 13.0. The highest BCUT2D eigenvalue weighted by atomic mass is 19.3. The Labute approximate surface area is 134 Å². The number of aryl methyl sites for hydroxylation is 2. The fourth-order valence-corrected chi connectivity index (χ4v) is 2.55. The molecule has 2 heterocycles. The summed E-state index contributed by atoms with van der Waals surface area (Å²) in [5.41, 5.74) is 3.13. The Bertz CT molecular complexity index is 638. The van der Waals surface area contributed by atoms with E-state index < -0.39 is 6.55 Å². The van der Waals surface area contributed by atoms with Gasteiger partial charge in [-0.05, 0) is 13.8 Å². The molecule has 0 aliphatic rings. The highest BCUT2D eigenvalue weighted by Crippen LogP contribution is 2.18. The third-order valence-corrected chi connectivity index (χ3v) is 3.98. The van der Waals surface area contributed by atoms with E-state index in [-0.39, 0.29) is 0 Å². The molecule has 0 N–H and O–H groups in total. The summed E-state index contributed by atoms with van der Waals surface area (Å²) in [6.45, 7) is 3.47. The van der Waals surface area contributed by atoms with Crippen molar-refractivity contribution >= 4 is 0 Å². The maximum Gasteiger partial charge on any atom is 0.319 e. The lowest BCUT2D eigenvalue weighted by Crippen LogP contribution is -2.28. The average Bonchev–Trinajstić information content (AvgIpc) is 3.05. The molecule has 0 radical (unpaired) electrons. The van der Waals surface area contributed by atoms with E-state index in [1.165, 1.54) is 12.4 Å². The third kappa shape index (κ3) is 4.14. The number of aromatic nitrogens is 4. The second-order valence-electron chi connectivity index (χ2n) is 5.50. The normalized spacial score (nSPS) is 11.8. The first-order valence-electron chi connectivity index (χ1n) is 7.44. The Morgan fingerprint density at radius 1 is 1.30 bits per heavy atom.